The van der Waals surface area contributed by atoms with Gasteiger partial charge >= 0.3 is 12.2 Å². The molecule has 0 spiro atoms. The number of ether oxygens (including phenoxy) is 2. The van der Waals surface area contributed by atoms with E-state index >= 15 is 0 Å². The maximum Gasteiger partial charge on any atom is 0.410 e. The summed E-state index contributed by atoms with van der Waals surface area (Å²) in [6, 6.07) is 6.37. The summed E-state index contributed by atoms with van der Waals surface area (Å²) in [6.07, 6.45) is -1.84. The molecule has 19 nitrogen and oxygen atoms in total. The standard InChI is InChI=1S/C28H48FN3O6Si.C20H44N2O3Si.C8H5ClFNO3.C6H15N/c1-19(2)31(25(33)16-21-15-22(32(35)36)13-14-23(21)29)17-20(3)24(38-39(11,12)28(7,8)9)18-30(10)26(34)37-27(4,5)6;1-15(2)21-13-16(3)17(25-26(11,12)20(7,8)9)14-22(10)18(23)24-19(4,5)6;9-8(12)4-5-3-6(11(13)14)1-2-7(5)10;1-4-7(5-2)6-3/h13-15,19-20,24H,16-18H2,1-12H3;15-17,21H,13-14H2,1-12H3;1-3H,4H2;4-6H2,1-3H3/t20-,24+;16-,17+;;/m11../s1. The van der Waals surface area contributed by atoms with Crippen LogP contribution in [0.3, 0.4) is 0 Å². The predicted molar refractivity (Wildman–Crippen MR) is 348 cm³/mol. The summed E-state index contributed by atoms with van der Waals surface area (Å²) in [6.45, 7) is 57.3. The fourth-order valence-corrected chi connectivity index (χ4v) is 10.4. The number of nitrogens with one attached hydrogen (secondary N) is 1. The molecular formula is C62H112ClF2N7O12Si2. The lowest BCUT2D eigenvalue weighted by molar-refractivity contribution is -0.385. The van der Waals surface area contributed by atoms with Crippen LogP contribution in [0.1, 0.15) is 157 Å². The van der Waals surface area contributed by atoms with E-state index in [9.17, 15) is 48.2 Å². The van der Waals surface area contributed by atoms with Crippen LogP contribution in [0.2, 0.25) is 36.3 Å². The summed E-state index contributed by atoms with van der Waals surface area (Å²) < 4.78 is 51.9. The smallest absolute Gasteiger partial charge is 0.410 e. The van der Waals surface area contributed by atoms with Gasteiger partial charge in [-0.05, 0) is 141 Å². The van der Waals surface area contributed by atoms with Gasteiger partial charge < -0.3 is 43.2 Å². The van der Waals surface area contributed by atoms with Gasteiger partial charge in [0.2, 0.25) is 11.1 Å². The van der Waals surface area contributed by atoms with E-state index in [0.29, 0.717) is 19.1 Å². The van der Waals surface area contributed by atoms with E-state index in [1.165, 1.54) is 24.5 Å². The second kappa shape index (κ2) is 36.7. The number of hydrogen-bond donors (Lipinski definition) is 1. The summed E-state index contributed by atoms with van der Waals surface area (Å²) in [7, 11) is -0.751. The number of carbonyl (C=O) groups is 4. The normalized spacial score (nSPS) is 13.6. The van der Waals surface area contributed by atoms with Gasteiger partial charge in [-0.25, -0.2) is 18.4 Å². The second-order valence-corrected chi connectivity index (χ2v) is 37.5. The molecule has 496 valence electrons. The first kappa shape index (κ1) is 83.4. The number of rotatable bonds is 25. The third kappa shape index (κ3) is 32.5. The third-order valence-corrected chi connectivity index (χ3v) is 24.0. The van der Waals surface area contributed by atoms with Crippen LogP contribution < -0.4 is 5.32 Å². The number of nitro groups is 2. The van der Waals surface area contributed by atoms with Crippen LogP contribution in [-0.2, 0) is 40.8 Å². The van der Waals surface area contributed by atoms with Crippen molar-refractivity contribution in [3.8, 4) is 0 Å². The highest BCUT2D eigenvalue weighted by Gasteiger charge is 2.43. The lowest BCUT2D eigenvalue weighted by Gasteiger charge is -2.43. The Bertz CT molecular complexity index is 2440. The Kier molecular flexibility index (Phi) is 35.6. The minimum absolute atomic E-state index is 0.0220. The van der Waals surface area contributed by atoms with Gasteiger partial charge in [-0.3, -0.25) is 29.8 Å². The highest BCUT2D eigenvalue weighted by Crippen LogP contribution is 2.40. The summed E-state index contributed by atoms with van der Waals surface area (Å²) in [5.74, 6) is -1.59. The van der Waals surface area contributed by atoms with Crippen molar-refractivity contribution in [3.63, 3.8) is 0 Å². The molecule has 4 atom stereocenters. The molecule has 2 aromatic carbocycles. The Morgan fingerprint density at radius 3 is 1.23 bits per heavy atom. The van der Waals surface area contributed by atoms with Gasteiger partial charge in [0.25, 0.3) is 11.4 Å². The number of non-ortho nitro benzene ring substituents is 2. The maximum atomic E-state index is 14.4. The molecule has 0 aliphatic carbocycles. The summed E-state index contributed by atoms with van der Waals surface area (Å²) in [5.41, 5.74) is -1.76. The number of halogens is 3. The van der Waals surface area contributed by atoms with E-state index in [4.69, 9.17) is 29.9 Å². The van der Waals surface area contributed by atoms with Gasteiger partial charge in [0.1, 0.15) is 22.8 Å². The van der Waals surface area contributed by atoms with E-state index in [2.05, 4.69) is 119 Å². The highest BCUT2D eigenvalue weighted by molar-refractivity contribution is 6.74. The summed E-state index contributed by atoms with van der Waals surface area (Å²) >= 11 is 5.04. The Balaban J connectivity index is 0. The van der Waals surface area contributed by atoms with Gasteiger partial charge in [0, 0.05) is 93.7 Å². The summed E-state index contributed by atoms with van der Waals surface area (Å²) in [4.78, 5) is 76.3. The molecule has 2 aromatic rings. The van der Waals surface area contributed by atoms with Crippen LogP contribution in [0.4, 0.5) is 29.7 Å². The Morgan fingerprint density at radius 2 is 0.953 bits per heavy atom. The number of carbonyl (C=O) groups excluding carboxylic acids is 4. The van der Waals surface area contributed by atoms with Crippen molar-refractivity contribution in [2.24, 2.45) is 11.8 Å². The minimum Gasteiger partial charge on any atom is -0.444 e. The van der Waals surface area contributed by atoms with Crippen molar-refractivity contribution < 1.29 is 56.1 Å². The molecule has 3 amide bonds. The quantitative estimate of drug-likeness (QED) is 0.0423. The Hall–Kier alpha value is -4.66. The molecule has 0 aliphatic heterocycles. The van der Waals surface area contributed by atoms with Crippen molar-refractivity contribution in [2.75, 3.05) is 59.9 Å². The predicted octanol–water partition coefficient (Wildman–Crippen LogP) is 14.7. The number of amides is 3. The van der Waals surface area contributed by atoms with Gasteiger partial charge in [0.05, 0.1) is 34.9 Å². The van der Waals surface area contributed by atoms with Crippen LogP contribution in [0.5, 0.6) is 0 Å². The molecule has 0 bridgehead atoms. The van der Waals surface area contributed by atoms with Crippen molar-refractivity contribution in [1.82, 2.24) is 24.9 Å². The van der Waals surface area contributed by atoms with E-state index < -0.39 is 66.8 Å². The van der Waals surface area contributed by atoms with Gasteiger partial charge in [-0.15, -0.1) is 0 Å². The fourth-order valence-electron chi connectivity index (χ4n) is 7.43. The minimum atomic E-state index is -2.27. The van der Waals surface area contributed by atoms with Gasteiger partial charge in [-0.1, -0.05) is 90.0 Å². The molecule has 0 saturated heterocycles. The van der Waals surface area contributed by atoms with Crippen molar-refractivity contribution in [3.05, 3.63) is 79.4 Å². The van der Waals surface area contributed by atoms with Crippen LogP contribution in [-0.4, -0.2) is 165 Å². The molecule has 2 rings (SSSR count). The second-order valence-electron chi connectivity index (χ2n) is 27.6. The molecule has 24 heteroatoms. The zero-order valence-corrected chi connectivity index (χ0v) is 60.3. The van der Waals surface area contributed by atoms with Gasteiger partial charge in [-0.2, -0.15) is 0 Å². The molecule has 0 unspecified atom stereocenters. The number of hydrogen-bond acceptors (Lipinski definition) is 14. The maximum absolute atomic E-state index is 14.4. The number of nitrogens with zero attached hydrogens (tertiary/aromatic N) is 6. The topological polar surface area (TPSA) is 216 Å². The molecule has 0 aromatic heterocycles. The SMILES string of the molecule is CC(C)N(C[C@@H](C)[C@H](CN(C)C(=O)OC(C)(C)C)O[Si](C)(C)C(C)(C)C)C(=O)Cc1cc([N+](=O)[O-])ccc1F.CC(C)NC[C@@H](C)[C@H](CN(C)C(=O)OC(C)(C)C)O[Si](C)(C)C(C)(C)C.CCN(CC)CC.O=C(Cl)Cc1cc([N+](=O)[O-])ccc1F. The largest absolute Gasteiger partial charge is 0.444 e. The van der Waals surface area contributed by atoms with Crippen LogP contribution >= 0.6 is 11.6 Å². The average molecular weight is 1280 g/mol. The first-order valence-corrected chi connectivity index (χ1v) is 36.1. The van der Waals surface area contributed by atoms with Crippen molar-refractivity contribution in [1.29, 1.82) is 0 Å². The number of likely N-dealkylation sites (N-methyl/N-ethyl adjacent to an activating group) is 2. The third-order valence-electron chi connectivity index (χ3n) is 14.9. The lowest BCUT2D eigenvalue weighted by atomic mass is 10.0. The van der Waals surface area contributed by atoms with Gasteiger partial charge in [0.15, 0.2) is 16.6 Å². The average Bonchev–Trinajstić information content (AvgIpc) is 1.51. The first-order valence-electron chi connectivity index (χ1n) is 29.9. The zero-order chi connectivity index (χ0) is 67.8. The van der Waals surface area contributed by atoms with E-state index in [-0.39, 0.29) is 87.9 Å². The van der Waals surface area contributed by atoms with Crippen LogP contribution in [0.25, 0.3) is 0 Å². The van der Waals surface area contributed by atoms with E-state index in [1.54, 1.807) is 44.7 Å². The Labute approximate surface area is 522 Å². The monoisotopic (exact) mass is 1280 g/mol. The van der Waals surface area contributed by atoms with Crippen molar-refractivity contribution >= 4 is 62.9 Å². The first-order chi connectivity index (χ1) is 38.9. The highest BCUT2D eigenvalue weighted by atomic mass is 35.5. The molecule has 86 heavy (non-hydrogen) atoms. The molecule has 0 aliphatic rings. The number of nitro benzene ring substituents is 2. The lowest BCUT2D eigenvalue weighted by Crippen LogP contribution is -2.52. The summed E-state index contributed by atoms with van der Waals surface area (Å²) in [5, 5.41) is 24.2. The van der Waals surface area contributed by atoms with E-state index in [0.717, 1.165) is 42.9 Å². The zero-order valence-electron chi connectivity index (χ0n) is 57.5. The van der Waals surface area contributed by atoms with E-state index in [1.807, 2.05) is 41.5 Å². The molecule has 0 fully saturated rings. The van der Waals surface area contributed by atoms with Crippen LogP contribution in [0, 0.1) is 43.7 Å². The fraction of sp³-hybridized carbons (Fsp3) is 0.742. The Morgan fingerprint density at radius 1 is 0.605 bits per heavy atom. The van der Waals surface area contributed by atoms with Crippen LogP contribution in [0.15, 0.2) is 36.4 Å². The molecule has 0 radical (unpaired) electrons. The molecule has 1 N–H and O–H groups in total. The van der Waals surface area contributed by atoms with Crippen molar-refractivity contribution in [2.45, 2.75) is 230 Å². The molecule has 0 saturated carbocycles. The number of benzene rings is 2. The molecule has 0 heterocycles. The molecular weight excluding hydrogens is 1160 g/mol.